The first-order valence-corrected chi connectivity index (χ1v) is 4.41. The van der Waals surface area contributed by atoms with E-state index in [0.717, 1.165) is 0 Å². The van der Waals surface area contributed by atoms with Gasteiger partial charge in [0, 0.05) is 7.11 Å². The molecule has 0 aliphatic carbocycles. The molecule has 1 unspecified atom stereocenters. The van der Waals surface area contributed by atoms with Gasteiger partial charge in [0.1, 0.15) is 12.6 Å². The van der Waals surface area contributed by atoms with Crippen LogP contribution in [0.4, 0.5) is 0 Å². The highest BCUT2D eigenvalue weighted by Gasteiger charge is 2.16. The van der Waals surface area contributed by atoms with Crippen molar-refractivity contribution in [1.29, 1.82) is 0 Å². The van der Waals surface area contributed by atoms with E-state index in [2.05, 4.69) is 9.82 Å². The van der Waals surface area contributed by atoms with Gasteiger partial charge in [0.15, 0.2) is 0 Å². The van der Waals surface area contributed by atoms with E-state index >= 15 is 0 Å². The number of nitrogens with one attached hydrogen (secondary N) is 1. The molecule has 0 radical (unpaired) electrons. The smallest absolute Gasteiger partial charge is 0.419 e. The van der Waals surface area contributed by atoms with Gasteiger partial charge in [0.2, 0.25) is 0 Å². The van der Waals surface area contributed by atoms with E-state index in [-0.39, 0.29) is 6.61 Å². The van der Waals surface area contributed by atoms with Crippen molar-refractivity contribution in [3.63, 3.8) is 0 Å². The number of ether oxygens (including phenoxy) is 2. The lowest BCUT2D eigenvalue weighted by atomic mass is 10.4. The summed E-state index contributed by atoms with van der Waals surface area (Å²) in [5, 5.41) is 2.43. The van der Waals surface area contributed by atoms with Crippen LogP contribution in [0.3, 0.4) is 0 Å². The minimum atomic E-state index is -0.696. The number of carbonyl (C=O) groups excluding carboxylic acids is 1. The molecule has 0 aliphatic rings. The Kier molecular flexibility index (Phi) is 6.85. The summed E-state index contributed by atoms with van der Waals surface area (Å²) in [4.78, 5) is 10.9. The van der Waals surface area contributed by atoms with Crippen LogP contribution in [-0.4, -0.2) is 32.3 Å². The van der Waals surface area contributed by atoms with Gasteiger partial charge >= 0.3 is 14.6 Å². The van der Waals surface area contributed by atoms with E-state index in [1.165, 1.54) is 7.11 Å². The Balaban J connectivity index is 3.49. The van der Waals surface area contributed by atoms with Crippen molar-refractivity contribution in [1.82, 2.24) is 5.09 Å². The van der Waals surface area contributed by atoms with Crippen LogP contribution in [-0.2, 0) is 18.8 Å². The summed E-state index contributed by atoms with van der Waals surface area (Å²) in [5.74, 6) is -0.421. The summed E-state index contributed by atoms with van der Waals surface area (Å²) in [6.07, 6.45) is 0. The monoisotopic (exact) mass is 194 g/mol. The number of carbonyl (C=O) groups is 1. The first kappa shape index (κ1) is 11.5. The summed E-state index contributed by atoms with van der Waals surface area (Å²) < 4.78 is 19.5. The normalized spacial score (nSPS) is 12.8. The molecular weight excluding hydrogens is 181 g/mol. The molecule has 0 aromatic heterocycles. The molecule has 0 aliphatic heterocycles. The van der Waals surface area contributed by atoms with Gasteiger partial charge in [0.25, 0.3) is 0 Å². The van der Waals surface area contributed by atoms with E-state index in [9.17, 15) is 9.36 Å². The summed E-state index contributed by atoms with van der Waals surface area (Å²) in [5.41, 5.74) is 0. The van der Waals surface area contributed by atoms with Crippen LogP contribution in [0.1, 0.15) is 6.92 Å². The van der Waals surface area contributed by atoms with E-state index in [1.807, 2.05) is 0 Å². The van der Waals surface area contributed by atoms with E-state index < -0.39 is 20.6 Å². The SMILES string of the molecule is COCCOC(=O)[C@H](C)N[PH+]=O. The predicted molar refractivity (Wildman–Crippen MR) is 44.4 cm³/mol. The Morgan fingerprint density at radius 1 is 1.58 bits per heavy atom. The van der Waals surface area contributed by atoms with Gasteiger partial charge in [-0.25, -0.2) is 0 Å². The number of hydrogen-bond donors (Lipinski definition) is 1. The molecule has 0 fully saturated rings. The Bertz CT molecular complexity index is 152. The third kappa shape index (κ3) is 5.18. The first-order chi connectivity index (χ1) is 5.72. The molecule has 0 aromatic rings. The van der Waals surface area contributed by atoms with Gasteiger partial charge in [-0.05, 0) is 6.92 Å². The van der Waals surface area contributed by atoms with Gasteiger partial charge in [0.05, 0.1) is 6.61 Å². The van der Waals surface area contributed by atoms with Crippen LogP contribution < -0.4 is 5.09 Å². The van der Waals surface area contributed by atoms with Crippen molar-refractivity contribution >= 4 is 14.6 Å². The highest BCUT2D eigenvalue weighted by atomic mass is 31.1. The molecule has 0 saturated heterocycles. The molecule has 6 heteroatoms. The predicted octanol–water partition coefficient (Wildman–Crippen LogP) is 0.0931. The molecule has 12 heavy (non-hydrogen) atoms. The third-order valence-electron chi connectivity index (χ3n) is 1.16. The van der Waals surface area contributed by atoms with E-state index in [4.69, 9.17) is 4.74 Å². The first-order valence-electron chi connectivity index (χ1n) is 3.50. The molecule has 0 spiro atoms. The highest BCUT2D eigenvalue weighted by Crippen LogP contribution is 1.93. The molecular formula is C6H13NO4P+. The second-order valence-corrected chi connectivity index (χ2v) is 2.62. The summed E-state index contributed by atoms with van der Waals surface area (Å²) in [6, 6.07) is -0.530. The van der Waals surface area contributed by atoms with Crippen molar-refractivity contribution in [2.75, 3.05) is 20.3 Å². The molecule has 0 rings (SSSR count). The number of rotatable bonds is 6. The van der Waals surface area contributed by atoms with Crippen molar-refractivity contribution in [3.05, 3.63) is 0 Å². The maximum atomic E-state index is 10.9. The van der Waals surface area contributed by atoms with Crippen LogP contribution >= 0.6 is 8.61 Å². The number of methoxy groups -OCH3 is 1. The van der Waals surface area contributed by atoms with Gasteiger partial charge in [-0.3, -0.25) is 4.79 Å². The Morgan fingerprint density at radius 2 is 2.25 bits per heavy atom. The zero-order valence-electron chi connectivity index (χ0n) is 7.12. The fourth-order valence-corrected chi connectivity index (χ4v) is 0.793. The lowest BCUT2D eigenvalue weighted by Crippen LogP contribution is -2.30. The average Bonchev–Trinajstić information content (AvgIpc) is 2.05. The quantitative estimate of drug-likeness (QED) is 0.369. The lowest BCUT2D eigenvalue weighted by Gasteiger charge is -2.05. The molecule has 0 bridgehead atoms. The third-order valence-corrected chi connectivity index (χ3v) is 1.71. The maximum Gasteiger partial charge on any atom is 0.419 e. The molecule has 0 saturated carbocycles. The Hall–Kier alpha value is -0.510. The van der Waals surface area contributed by atoms with E-state index in [0.29, 0.717) is 6.61 Å². The number of hydrogen-bond acceptors (Lipinski definition) is 4. The zero-order valence-corrected chi connectivity index (χ0v) is 8.12. The van der Waals surface area contributed by atoms with Crippen molar-refractivity contribution < 1.29 is 18.8 Å². The standard InChI is InChI=1S/C6H12NO4P/c1-5(7-12-9)6(8)11-4-3-10-2/h5H,3-4H2,1-2H3,(H,7,9)/p+1/t5-/m0/s1. The fourth-order valence-electron chi connectivity index (χ4n) is 0.498. The molecule has 0 heterocycles. The average molecular weight is 194 g/mol. The minimum Gasteiger partial charge on any atom is -0.462 e. The number of esters is 1. The van der Waals surface area contributed by atoms with Crippen molar-refractivity contribution in [2.24, 2.45) is 0 Å². The van der Waals surface area contributed by atoms with Crippen molar-refractivity contribution in [3.8, 4) is 0 Å². The zero-order chi connectivity index (χ0) is 9.40. The van der Waals surface area contributed by atoms with Gasteiger partial charge < -0.3 is 9.47 Å². The Morgan fingerprint density at radius 3 is 2.75 bits per heavy atom. The maximum absolute atomic E-state index is 10.9. The van der Waals surface area contributed by atoms with Crippen molar-refractivity contribution in [2.45, 2.75) is 13.0 Å². The lowest BCUT2D eigenvalue weighted by molar-refractivity contribution is -0.146. The molecule has 0 aromatic carbocycles. The summed E-state index contributed by atoms with van der Waals surface area (Å²) >= 11 is 0. The highest BCUT2D eigenvalue weighted by molar-refractivity contribution is 7.21. The van der Waals surface area contributed by atoms with Crippen LogP contribution in [0.25, 0.3) is 0 Å². The van der Waals surface area contributed by atoms with E-state index in [1.54, 1.807) is 6.92 Å². The molecule has 70 valence electrons. The van der Waals surface area contributed by atoms with Crippen LogP contribution in [0.5, 0.6) is 0 Å². The molecule has 1 N–H and O–H groups in total. The molecule has 2 atom stereocenters. The Labute approximate surface area is 72.7 Å². The largest absolute Gasteiger partial charge is 0.462 e. The second-order valence-electron chi connectivity index (χ2n) is 2.13. The van der Waals surface area contributed by atoms with Gasteiger partial charge in [-0.2, -0.15) is 0 Å². The summed E-state index contributed by atoms with van der Waals surface area (Å²) in [7, 11) is 0.827. The molecule has 0 amide bonds. The van der Waals surface area contributed by atoms with Gasteiger partial charge in [-0.1, -0.05) is 9.65 Å². The minimum absolute atomic E-state index is 0.226. The fraction of sp³-hybridized carbons (Fsp3) is 0.833. The molecule has 5 nitrogen and oxygen atoms in total. The topological polar surface area (TPSA) is 64.6 Å². The van der Waals surface area contributed by atoms with Crippen LogP contribution in [0, 0.1) is 0 Å². The summed E-state index contributed by atoms with van der Waals surface area (Å²) in [6.45, 7) is 2.18. The second kappa shape index (κ2) is 7.16. The van der Waals surface area contributed by atoms with Crippen LogP contribution in [0.2, 0.25) is 0 Å². The van der Waals surface area contributed by atoms with Crippen LogP contribution in [0.15, 0.2) is 0 Å². The van der Waals surface area contributed by atoms with Gasteiger partial charge in [-0.15, -0.1) is 0 Å².